The number of benzene rings is 1. The number of aromatic nitrogens is 1. The van der Waals surface area contributed by atoms with E-state index in [9.17, 15) is 18.0 Å². The second-order valence-electron chi connectivity index (χ2n) is 6.19. The van der Waals surface area contributed by atoms with Crippen molar-refractivity contribution in [1.82, 2.24) is 10.5 Å². The summed E-state index contributed by atoms with van der Waals surface area (Å²) in [5, 5.41) is 6.39. The van der Waals surface area contributed by atoms with Crippen LogP contribution < -0.4 is 10.1 Å². The number of carbonyl (C=O) groups is 1. The average molecular weight is 384 g/mol. The molecular formula is C18H19F3N2O4. The van der Waals surface area contributed by atoms with E-state index in [1.807, 2.05) is 0 Å². The van der Waals surface area contributed by atoms with Gasteiger partial charge in [0.05, 0.1) is 11.7 Å². The monoisotopic (exact) mass is 384 g/mol. The molecule has 1 N–H and O–H groups in total. The summed E-state index contributed by atoms with van der Waals surface area (Å²) in [5.41, 5.74) is -0.726. The standard InChI is InChI=1S/C18H19F3N2O4/c19-18(20,21)12-4-3-6-13(8-12)26-11-15-9-16(23-27-15)17(24)22-10-14-5-1-2-7-25-14/h3-4,6,8-9,14H,1-2,5,7,10-11H2,(H,22,24). The van der Waals surface area contributed by atoms with E-state index in [1.165, 1.54) is 18.2 Å². The molecule has 1 aromatic carbocycles. The molecule has 0 aliphatic carbocycles. The number of hydrogen-bond acceptors (Lipinski definition) is 5. The predicted molar refractivity (Wildman–Crippen MR) is 88.2 cm³/mol. The van der Waals surface area contributed by atoms with Crippen LogP contribution in [0.4, 0.5) is 13.2 Å². The molecule has 0 saturated carbocycles. The molecule has 1 aliphatic rings. The van der Waals surface area contributed by atoms with Gasteiger partial charge in [-0.15, -0.1) is 0 Å². The SMILES string of the molecule is O=C(NCC1CCCCO1)c1cc(COc2cccc(C(F)(F)F)c2)on1. The van der Waals surface area contributed by atoms with Crippen LogP contribution in [-0.4, -0.2) is 30.3 Å². The summed E-state index contributed by atoms with van der Waals surface area (Å²) in [6, 6.07) is 5.91. The summed E-state index contributed by atoms with van der Waals surface area (Å²) in [5.74, 6) is -0.133. The van der Waals surface area contributed by atoms with E-state index in [1.54, 1.807) is 0 Å². The van der Waals surface area contributed by atoms with Crippen molar-refractivity contribution in [3.8, 4) is 5.75 Å². The van der Waals surface area contributed by atoms with Crippen LogP contribution in [0, 0.1) is 0 Å². The third-order valence-electron chi connectivity index (χ3n) is 4.10. The molecule has 0 bridgehead atoms. The molecule has 0 spiro atoms. The Labute approximate surface area is 153 Å². The van der Waals surface area contributed by atoms with Gasteiger partial charge in [-0.25, -0.2) is 0 Å². The molecule has 1 aliphatic heterocycles. The lowest BCUT2D eigenvalue weighted by Gasteiger charge is -2.22. The Hall–Kier alpha value is -2.55. The summed E-state index contributed by atoms with van der Waals surface area (Å²) in [4.78, 5) is 12.1. The Kier molecular flexibility index (Phi) is 6.00. The number of alkyl halides is 3. The summed E-state index contributed by atoms with van der Waals surface area (Å²) >= 11 is 0. The molecule has 2 heterocycles. The molecule has 1 atom stereocenters. The highest BCUT2D eigenvalue weighted by molar-refractivity contribution is 5.92. The topological polar surface area (TPSA) is 73.6 Å². The zero-order valence-electron chi connectivity index (χ0n) is 14.4. The van der Waals surface area contributed by atoms with Crippen molar-refractivity contribution in [2.45, 2.75) is 38.1 Å². The average Bonchev–Trinajstić information content (AvgIpc) is 3.14. The molecule has 2 aromatic rings. The maximum atomic E-state index is 12.7. The smallest absolute Gasteiger partial charge is 0.416 e. The molecule has 1 amide bonds. The second-order valence-corrected chi connectivity index (χ2v) is 6.19. The van der Waals surface area contributed by atoms with Crippen molar-refractivity contribution in [3.05, 3.63) is 47.3 Å². The van der Waals surface area contributed by atoms with Gasteiger partial charge in [-0.05, 0) is 37.5 Å². The number of rotatable bonds is 6. The first kappa shape index (κ1) is 19.2. The first-order valence-corrected chi connectivity index (χ1v) is 8.57. The van der Waals surface area contributed by atoms with Gasteiger partial charge >= 0.3 is 6.18 Å². The number of nitrogens with one attached hydrogen (secondary N) is 1. The zero-order chi connectivity index (χ0) is 19.3. The Morgan fingerprint density at radius 2 is 2.15 bits per heavy atom. The van der Waals surface area contributed by atoms with Crippen LogP contribution in [-0.2, 0) is 17.5 Å². The molecule has 3 rings (SSSR count). The molecule has 1 fully saturated rings. The number of hydrogen-bond donors (Lipinski definition) is 1. The first-order chi connectivity index (χ1) is 12.9. The highest BCUT2D eigenvalue weighted by Crippen LogP contribution is 2.31. The van der Waals surface area contributed by atoms with Gasteiger partial charge in [-0.2, -0.15) is 13.2 Å². The fourth-order valence-electron chi connectivity index (χ4n) is 2.67. The lowest BCUT2D eigenvalue weighted by atomic mass is 10.1. The largest absolute Gasteiger partial charge is 0.486 e. The van der Waals surface area contributed by atoms with Gasteiger partial charge in [0.25, 0.3) is 5.91 Å². The quantitative estimate of drug-likeness (QED) is 0.824. The summed E-state index contributed by atoms with van der Waals surface area (Å²) in [6.07, 6.45) is -1.45. The van der Waals surface area contributed by atoms with E-state index in [4.69, 9.17) is 14.0 Å². The van der Waals surface area contributed by atoms with Crippen molar-refractivity contribution in [2.24, 2.45) is 0 Å². The van der Waals surface area contributed by atoms with Crippen molar-refractivity contribution in [1.29, 1.82) is 0 Å². The van der Waals surface area contributed by atoms with Gasteiger partial charge in [0.1, 0.15) is 12.4 Å². The first-order valence-electron chi connectivity index (χ1n) is 8.57. The Bertz CT molecular complexity index is 770. The van der Waals surface area contributed by atoms with Crippen LogP contribution in [0.3, 0.4) is 0 Å². The number of amides is 1. The molecule has 1 aromatic heterocycles. The van der Waals surface area contributed by atoms with Gasteiger partial charge < -0.3 is 19.3 Å². The fourth-order valence-corrected chi connectivity index (χ4v) is 2.67. The minimum atomic E-state index is -4.45. The molecule has 1 saturated heterocycles. The van der Waals surface area contributed by atoms with Crippen LogP contribution in [0.25, 0.3) is 0 Å². The Morgan fingerprint density at radius 1 is 1.30 bits per heavy atom. The molecule has 146 valence electrons. The van der Waals surface area contributed by atoms with E-state index in [0.29, 0.717) is 13.2 Å². The van der Waals surface area contributed by atoms with Gasteiger partial charge in [0.2, 0.25) is 0 Å². The molecule has 1 unspecified atom stereocenters. The van der Waals surface area contributed by atoms with Crippen molar-refractivity contribution < 1.29 is 32.0 Å². The summed E-state index contributed by atoms with van der Waals surface area (Å²) in [7, 11) is 0. The number of carbonyl (C=O) groups excluding carboxylic acids is 1. The predicted octanol–water partition coefficient (Wildman–Crippen LogP) is 3.57. The lowest BCUT2D eigenvalue weighted by molar-refractivity contribution is -0.137. The van der Waals surface area contributed by atoms with Crippen LogP contribution in [0.1, 0.15) is 41.1 Å². The Morgan fingerprint density at radius 3 is 2.89 bits per heavy atom. The van der Waals surface area contributed by atoms with E-state index < -0.39 is 17.6 Å². The molecular weight excluding hydrogens is 365 g/mol. The number of nitrogens with zero attached hydrogens (tertiary/aromatic N) is 1. The van der Waals surface area contributed by atoms with Crippen LogP contribution >= 0.6 is 0 Å². The van der Waals surface area contributed by atoms with E-state index in [2.05, 4.69) is 10.5 Å². The molecule has 6 nitrogen and oxygen atoms in total. The molecule has 9 heteroatoms. The van der Waals surface area contributed by atoms with Crippen LogP contribution in [0.15, 0.2) is 34.9 Å². The third kappa shape index (κ3) is 5.46. The van der Waals surface area contributed by atoms with E-state index >= 15 is 0 Å². The second kappa shape index (κ2) is 8.43. The minimum Gasteiger partial charge on any atom is -0.486 e. The maximum absolute atomic E-state index is 12.7. The summed E-state index contributed by atoms with van der Waals surface area (Å²) in [6.45, 7) is 0.941. The highest BCUT2D eigenvalue weighted by Gasteiger charge is 2.30. The summed E-state index contributed by atoms with van der Waals surface area (Å²) < 4.78 is 53.9. The maximum Gasteiger partial charge on any atom is 0.416 e. The molecule has 27 heavy (non-hydrogen) atoms. The van der Waals surface area contributed by atoms with E-state index in [-0.39, 0.29) is 29.9 Å². The van der Waals surface area contributed by atoms with Crippen LogP contribution in [0.2, 0.25) is 0 Å². The third-order valence-corrected chi connectivity index (χ3v) is 4.10. The fraction of sp³-hybridized carbons (Fsp3) is 0.444. The van der Waals surface area contributed by atoms with Gasteiger partial charge in [-0.1, -0.05) is 11.2 Å². The minimum absolute atomic E-state index is 0.00156. The normalized spacial score (nSPS) is 17.5. The van der Waals surface area contributed by atoms with E-state index in [0.717, 1.165) is 31.4 Å². The van der Waals surface area contributed by atoms with Crippen molar-refractivity contribution >= 4 is 5.91 Å². The van der Waals surface area contributed by atoms with Gasteiger partial charge in [0, 0.05) is 19.2 Å². The van der Waals surface area contributed by atoms with Crippen LogP contribution in [0.5, 0.6) is 5.75 Å². The number of halogens is 3. The molecule has 0 radical (unpaired) electrons. The van der Waals surface area contributed by atoms with Gasteiger partial charge in [0.15, 0.2) is 11.5 Å². The van der Waals surface area contributed by atoms with Gasteiger partial charge in [-0.3, -0.25) is 4.79 Å². The Balaban J connectivity index is 1.51. The zero-order valence-corrected chi connectivity index (χ0v) is 14.4. The number of ether oxygens (including phenoxy) is 2. The lowest BCUT2D eigenvalue weighted by Crippen LogP contribution is -2.35. The van der Waals surface area contributed by atoms with Crippen molar-refractivity contribution in [3.63, 3.8) is 0 Å². The van der Waals surface area contributed by atoms with Crippen molar-refractivity contribution in [2.75, 3.05) is 13.2 Å². The highest BCUT2D eigenvalue weighted by atomic mass is 19.4.